The van der Waals surface area contributed by atoms with Gasteiger partial charge >= 0.3 is 0 Å². The average Bonchev–Trinajstić information content (AvgIpc) is 2.21. The number of rotatable bonds is 3. The Morgan fingerprint density at radius 1 is 1.53 bits per heavy atom. The fourth-order valence-corrected chi connectivity index (χ4v) is 1.65. The van der Waals surface area contributed by atoms with E-state index in [0.717, 1.165) is 6.29 Å². The van der Waals surface area contributed by atoms with Gasteiger partial charge < -0.3 is 14.6 Å². The lowest BCUT2D eigenvalue weighted by Gasteiger charge is -2.37. The first kappa shape index (κ1) is 11.7. The number of carbonyl (C=O) groups is 3. The predicted octanol–water partition coefficient (Wildman–Crippen LogP) is -0.489. The van der Waals surface area contributed by atoms with Crippen LogP contribution in [-0.4, -0.2) is 54.1 Å². The van der Waals surface area contributed by atoms with Gasteiger partial charge in [-0.2, -0.15) is 0 Å². The maximum Gasteiger partial charge on any atom is 0.245 e. The fraction of sp³-hybridized carbons (Fsp3) is 0.700. The smallest absolute Gasteiger partial charge is 0.245 e. The molecule has 0 aromatic carbocycles. The van der Waals surface area contributed by atoms with Crippen molar-refractivity contribution in [3.63, 3.8) is 0 Å². The molecule has 84 valence electrons. The van der Waals surface area contributed by atoms with Crippen LogP contribution >= 0.6 is 0 Å². The molecule has 0 bridgehead atoms. The normalized spacial score (nSPS) is 24.3. The number of amides is 2. The van der Waals surface area contributed by atoms with Crippen molar-refractivity contribution in [2.75, 3.05) is 20.1 Å². The Hall–Kier alpha value is -1.39. The molecule has 0 aliphatic carbocycles. The highest BCUT2D eigenvalue weighted by Crippen LogP contribution is 2.12. The Balaban J connectivity index is 2.74. The molecule has 2 atom stereocenters. The van der Waals surface area contributed by atoms with Gasteiger partial charge in [-0.15, -0.1) is 0 Å². The van der Waals surface area contributed by atoms with Crippen LogP contribution < -0.4 is 0 Å². The minimum absolute atomic E-state index is 0.0762. The van der Waals surface area contributed by atoms with Crippen molar-refractivity contribution in [3.05, 3.63) is 0 Å². The van der Waals surface area contributed by atoms with E-state index in [1.165, 1.54) is 9.80 Å². The zero-order valence-electron chi connectivity index (χ0n) is 9.27. The third-order valence-corrected chi connectivity index (χ3v) is 2.61. The minimum Gasteiger partial charge on any atom is -0.335 e. The van der Waals surface area contributed by atoms with Crippen LogP contribution in [0.3, 0.4) is 0 Å². The lowest BCUT2D eigenvalue weighted by molar-refractivity contribution is -0.154. The third kappa shape index (κ3) is 2.34. The largest absolute Gasteiger partial charge is 0.335 e. The van der Waals surface area contributed by atoms with Gasteiger partial charge in [0.2, 0.25) is 11.8 Å². The summed E-state index contributed by atoms with van der Waals surface area (Å²) in [6.45, 7) is 3.85. The second kappa shape index (κ2) is 4.42. The number of aldehydes is 1. The molecule has 0 aromatic rings. The van der Waals surface area contributed by atoms with E-state index in [2.05, 4.69) is 0 Å². The quantitative estimate of drug-likeness (QED) is 0.593. The summed E-state index contributed by atoms with van der Waals surface area (Å²) < 4.78 is 0. The molecule has 0 saturated carbocycles. The van der Waals surface area contributed by atoms with E-state index in [-0.39, 0.29) is 24.3 Å². The van der Waals surface area contributed by atoms with Gasteiger partial charge in [0.1, 0.15) is 12.3 Å². The monoisotopic (exact) mass is 212 g/mol. The molecule has 0 aromatic heterocycles. The molecule has 0 radical (unpaired) electrons. The van der Waals surface area contributed by atoms with E-state index < -0.39 is 6.04 Å². The summed E-state index contributed by atoms with van der Waals surface area (Å²) in [6, 6.07) is -0.460. The molecule has 5 nitrogen and oxygen atoms in total. The lowest BCUT2D eigenvalue weighted by Crippen LogP contribution is -2.58. The zero-order valence-corrected chi connectivity index (χ0v) is 9.27. The Morgan fingerprint density at radius 3 is 2.67 bits per heavy atom. The molecule has 0 spiro atoms. The fourth-order valence-electron chi connectivity index (χ4n) is 1.65. The number of hydrogen-bond donors (Lipinski definition) is 0. The molecule has 2 unspecified atom stereocenters. The number of carbonyl (C=O) groups excluding carboxylic acids is 3. The van der Waals surface area contributed by atoms with Crippen molar-refractivity contribution >= 4 is 18.1 Å². The van der Waals surface area contributed by atoms with Gasteiger partial charge in [-0.3, -0.25) is 9.59 Å². The van der Waals surface area contributed by atoms with Gasteiger partial charge in [0.25, 0.3) is 0 Å². The topological polar surface area (TPSA) is 57.7 Å². The predicted molar refractivity (Wildman–Crippen MR) is 54.0 cm³/mol. The highest BCUT2D eigenvalue weighted by Gasteiger charge is 2.34. The molecule has 0 N–H and O–H groups in total. The number of likely N-dealkylation sites (N-methyl/N-ethyl adjacent to an activating group) is 1. The van der Waals surface area contributed by atoms with Crippen LogP contribution in [0.25, 0.3) is 0 Å². The molecule has 2 amide bonds. The summed E-state index contributed by atoms with van der Waals surface area (Å²) in [6.07, 6.45) is 0.794. The van der Waals surface area contributed by atoms with Crippen molar-refractivity contribution < 1.29 is 14.4 Å². The van der Waals surface area contributed by atoms with Crippen molar-refractivity contribution in [1.29, 1.82) is 0 Å². The van der Waals surface area contributed by atoms with Crippen LogP contribution in [0.5, 0.6) is 0 Å². The maximum absolute atomic E-state index is 11.6. The standard InChI is InChI=1S/C10H16N2O3/c1-7(6-13)4-12-8(2)10(15)11(3)5-9(12)14/h6-8H,4-5H2,1-3H3. The van der Waals surface area contributed by atoms with Crippen LogP contribution in [0.2, 0.25) is 0 Å². The summed E-state index contributed by atoms with van der Waals surface area (Å²) in [4.78, 5) is 36.6. The van der Waals surface area contributed by atoms with E-state index in [1.54, 1.807) is 20.9 Å². The summed E-state index contributed by atoms with van der Waals surface area (Å²) in [5.41, 5.74) is 0. The average molecular weight is 212 g/mol. The third-order valence-electron chi connectivity index (χ3n) is 2.61. The SMILES string of the molecule is CC(C=O)CN1C(=O)CN(C)C(=O)C1C. The second-order valence-corrected chi connectivity index (χ2v) is 4.03. The van der Waals surface area contributed by atoms with Crippen LogP contribution in [0.1, 0.15) is 13.8 Å². The first-order chi connectivity index (χ1) is 6.97. The number of nitrogens with zero attached hydrogens (tertiary/aromatic N) is 2. The molecular formula is C10H16N2O3. The Kier molecular flexibility index (Phi) is 3.44. The van der Waals surface area contributed by atoms with Gasteiger partial charge in [-0.25, -0.2) is 0 Å². The summed E-state index contributed by atoms with van der Waals surface area (Å²) in [5, 5.41) is 0. The maximum atomic E-state index is 11.6. The highest BCUT2D eigenvalue weighted by molar-refractivity contribution is 5.94. The summed E-state index contributed by atoms with van der Waals surface area (Å²) in [5.74, 6) is -0.404. The van der Waals surface area contributed by atoms with Crippen molar-refractivity contribution in [1.82, 2.24) is 9.80 Å². The second-order valence-electron chi connectivity index (χ2n) is 4.03. The molecule has 1 aliphatic heterocycles. The van der Waals surface area contributed by atoms with Crippen molar-refractivity contribution in [2.24, 2.45) is 5.92 Å². The molecule has 1 aliphatic rings. The van der Waals surface area contributed by atoms with E-state index in [1.807, 2.05) is 0 Å². The van der Waals surface area contributed by atoms with Crippen LogP contribution in [0.4, 0.5) is 0 Å². The first-order valence-corrected chi connectivity index (χ1v) is 4.97. The van der Waals surface area contributed by atoms with E-state index in [0.29, 0.717) is 6.54 Å². The van der Waals surface area contributed by atoms with Gasteiger partial charge in [0.05, 0.1) is 6.54 Å². The molecule has 15 heavy (non-hydrogen) atoms. The van der Waals surface area contributed by atoms with Crippen LogP contribution in [0, 0.1) is 5.92 Å². The molecule has 1 heterocycles. The molecule has 1 rings (SSSR count). The van der Waals surface area contributed by atoms with Gasteiger partial charge in [-0.1, -0.05) is 6.92 Å². The minimum atomic E-state index is -0.460. The Bertz CT molecular complexity index is 290. The molecule has 1 saturated heterocycles. The van der Waals surface area contributed by atoms with E-state index in [4.69, 9.17) is 0 Å². The summed E-state index contributed by atoms with van der Waals surface area (Å²) in [7, 11) is 1.61. The van der Waals surface area contributed by atoms with E-state index >= 15 is 0 Å². The van der Waals surface area contributed by atoms with Gasteiger partial charge in [0, 0.05) is 19.5 Å². The number of piperazine rings is 1. The van der Waals surface area contributed by atoms with E-state index in [9.17, 15) is 14.4 Å². The lowest BCUT2D eigenvalue weighted by atomic mass is 10.1. The Labute approximate surface area is 89.0 Å². The number of hydrogen-bond acceptors (Lipinski definition) is 3. The highest BCUT2D eigenvalue weighted by atomic mass is 16.2. The van der Waals surface area contributed by atoms with Gasteiger partial charge in [0.15, 0.2) is 0 Å². The van der Waals surface area contributed by atoms with Gasteiger partial charge in [-0.05, 0) is 6.92 Å². The van der Waals surface area contributed by atoms with Crippen molar-refractivity contribution in [2.45, 2.75) is 19.9 Å². The zero-order chi connectivity index (χ0) is 11.6. The van der Waals surface area contributed by atoms with Crippen LogP contribution in [-0.2, 0) is 14.4 Å². The molecule has 1 fully saturated rings. The first-order valence-electron chi connectivity index (χ1n) is 4.97. The molecular weight excluding hydrogens is 196 g/mol. The summed E-state index contributed by atoms with van der Waals surface area (Å²) >= 11 is 0. The van der Waals surface area contributed by atoms with Crippen LogP contribution in [0.15, 0.2) is 0 Å². The Morgan fingerprint density at radius 2 is 2.13 bits per heavy atom. The van der Waals surface area contributed by atoms with Crippen molar-refractivity contribution in [3.8, 4) is 0 Å². The molecule has 5 heteroatoms.